The van der Waals surface area contributed by atoms with Crippen molar-refractivity contribution < 1.29 is 14.8 Å². The zero-order chi connectivity index (χ0) is 19.7. The molecule has 1 heterocycles. The number of aromatic hydroxyl groups is 1. The molecule has 0 saturated carbocycles. The van der Waals surface area contributed by atoms with Crippen molar-refractivity contribution in [3.8, 4) is 16.3 Å². The van der Waals surface area contributed by atoms with Gasteiger partial charge in [0.2, 0.25) is 0 Å². The summed E-state index contributed by atoms with van der Waals surface area (Å²) >= 11 is 1.45. The molecule has 0 aliphatic carbocycles. The van der Waals surface area contributed by atoms with Crippen LogP contribution >= 0.6 is 11.3 Å². The minimum atomic E-state index is -0.522. The highest BCUT2D eigenvalue weighted by molar-refractivity contribution is 7.21. The van der Waals surface area contributed by atoms with Crippen LogP contribution in [0.2, 0.25) is 0 Å². The number of phenols is 1. The number of fused-ring (bicyclic) bond motifs is 1. The Hall–Kier alpha value is -3.78. The van der Waals surface area contributed by atoms with Crippen LogP contribution in [-0.2, 0) is 0 Å². The van der Waals surface area contributed by atoms with E-state index < -0.39 is 10.8 Å². The van der Waals surface area contributed by atoms with E-state index in [0.29, 0.717) is 21.8 Å². The first-order valence-corrected chi connectivity index (χ1v) is 9.08. The number of nitrogens with one attached hydrogen (secondary N) is 1. The lowest BCUT2D eigenvalue weighted by atomic mass is 10.1. The molecule has 0 radical (unpaired) electrons. The van der Waals surface area contributed by atoms with Crippen molar-refractivity contribution in [2.75, 3.05) is 5.32 Å². The summed E-state index contributed by atoms with van der Waals surface area (Å²) < 4.78 is 0.997. The van der Waals surface area contributed by atoms with Gasteiger partial charge in [0.05, 0.1) is 20.7 Å². The van der Waals surface area contributed by atoms with Crippen LogP contribution in [-0.4, -0.2) is 20.9 Å². The summed E-state index contributed by atoms with van der Waals surface area (Å²) in [6.07, 6.45) is 0. The minimum absolute atomic E-state index is 0.0624. The number of hydrogen-bond donors (Lipinski definition) is 2. The maximum absolute atomic E-state index is 12.4. The molecule has 8 heteroatoms. The van der Waals surface area contributed by atoms with E-state index in [1.807, 2.05) is 24.3 Å². The first-order chi connectivity index (χ1) is 13.5. The molecule has 2 N–H and O–H groups in total. The number of para-hydroxylation sites is 1. The van der Waals surface area contributed by atoms with E-state index in [1.54, 1.807) is 12.1 Å². The molecule has 0 bridgehead atoms. The van der Waals surface area contributed by atoms with Crippen molar-refractivity contribution >= 4 is 38.8 Å². The summed E-state index contributed by atoms with van der Waals surface area (Å²) in [5.74, 6) is -0.344. The minimum Gasteiger partial charge on any atom is -0.507 e. The highest BCUT2D eigenvalue weighted by Crippen LogP contribution is 2.36. The largest absolute Gasteiger partial charge is 0.507 e. The molecular formula is C20H13N3O4S. The Morgan fingerprint density at radius 3 is 2.54 bits per heavy atom. The smallest absolute Gasteiger partial charge is 0.269 e. The monoisotopic (exact) mass is 391 g/mol. The van der Waals surface area contributed by atoms with Gasteiger partial charge in [-0.1, -0.05) is 12.1 Å². The van der Waals surface area contributed by atoms with Gasteiger partial charge in [-0.15, -0.1) is 11.3 Å². The van der Waals surface area contributed by atoms with E-state index in [9.17, 15) is 20.0 Å². The number of thiazole rings is 1. The lowest BCUT2D eigenvalue weighted by molar-refractivity contribution is -0.384. The molecule has 0 saturated heterocycles. The van der Waals surface area contributed by atoms with E-state index in [-0.39, 0.29) is 11.4 Å². The predicted octanol–water partition coefficient (Wildman–Crippen LogP) is 4.83. The fraction of sp³-hybridized carbons (Fsp3) is 0. The van der Waals surface area contributed by atoms with E-state index in [0.717, 1.165) is 10.2 Å². The third kappa shape index (κ3) is 3.40. The number of amides is 1. The Kier molecular flexibility index (Phi) is 4.46. The van der Waals surface area contributed by atoms with Crippen LogP contribution in [0.5, 0.6) is 5.75 Å². The fourth-order valence-electron chi connectivity index (χ4n) is 2.71. The number of carbonyl (C=O) groups is 1. The third-order valence-electron chi connectivity index (χ3n) is 4.12. The zero-order valence-electron chi connectivity index (χ0n) is 14.3. The summed E-state index contributed by atoms with van der Waals surface area (Å²) in [5.41, 5.74) is 2.04. The summed E-state index contributed by atoms with van der Waals surface area (Å²) in [6, 6.07) is 17.7. The maximum Gasteiger partial charge on any atom is 0.269 e. The summed E-state index contributed by atoms with van der Waals surface area (Å²) in [6.45, 7) is 0. The second kappa shape index (κ2) is 7.09. The number of nitrogens with zero attached hydrogens (tertiary/aromatic N) is 2. The summed E-state index contributed by atoms with van der Waals surface area (Å²) in [7, 11) is 0. The first-order valence-electron chi connectivity index (χ1n) is 8.26. The van der Waals surface area contributed by atoms with Gasteiger partial charge in [0, 0.05) is 23.4 Å². The van der Waals surface area contributed by atoms with Crippen LogP contribution in [0.1, 0.15) is 10.4 Å². The molecule has 0 unspecified atom stereocenters. The molecule has 0 spiro atoms. The average Bonchev–Trinajstić information content (AvgIpc) is 3.13. The number of aromatic nitrogens is 1. The van der Waals surface area contributed by atoms with Gasteiger partial charge >= 0.3 is 0 Å². The normalized spacial score (nSPS) is 10.7. The van der Waals surface area contributed by atoms with E-state index in [4.69, 9.17) is 0 Å². The highest BCUT2D eigenvalue weighted by Gasteiger charge is 2.14. The quantitative estimate of drug-likeness (QED) is 0.294. The van der Waals surface area contributed by atoms with Gasteiger partial charge in [0.15, 0.2) is 0 Å². The Bertz CT molecular complexity index is 1170. The molecule has 0 aliphatic rings. The molecule has 1 aromatic heterocycles. The van der Waals surface area contributed by atoms with Crippen molar-refractivity contribution in [1.82, 2.24) is 4.98 Å². The summed E-state index contributed by atoms with van der Waals surface area (Å²) in [4.78, 5) is 27.1. The van der Waals surface area contributed by atoms with Crippen LogP contribution in [0, 0.1) is 10.1 Å². The Balaban J connectivity index is 1.61. The predicted molar refractivity (Wildman–Crippen MR) is 108 cm³/mol. The van der Waals surface area contributed by atoms with Crippen LogP contribution in [0.25, 0.3) is 20.8 Å². The van der Waals surface area contributed by atoms with Crippen LogP contribution in [0.15, 0.2) is 66.7 Å². The molecule has 28 heavy (non-hydrogen) atoms. The maximum atomic E-state index is 12.4. The van der Waals surface area contributed by atoms with Crippen LogP contribution in [0.4, 0.5) is 11.4 Å². The van der Waals surface area contributed by atoms with E-state index in [2.05, 4.69) is 10.3 Å². The molecule has 0 aliphatic heterocycles. The van der Waals surface area contributed by atoms with Gasteiger partial charge in [0.25, 0.3) is 11.6 Å². The number of hydrogen-bond acceptors (Lipinski definition) is 6. The van der Waals surface area contributed by atoms with E-state index >= 15 is 0 Å². The first kappa shape index (κ1) is 17.6. The lowest BCUT2D eigenvalue weighted by Crippen LogP contribution is -2.11. The highest BCUT2D eigenvalue weighted by atomic mass is 32.1. The molecule has 138 valence electrons. The number of phenolic OH excluding ortho intramolecular Hbond substituents is 1. The van der Waals surface area contributed by atoms with Gasteiger partial charge in [0.1, 0.15) is 10.8 Å². The Morgan fingerprint density at radius 1 is 1.07 bits per heavy atom. The fourth-order valence-corrected chi connectivity index (χ4v) is 3.70. The second-order valence-corrected chi connectivity index (χ2v) is 7.01. The number of nitro benzene ring substituents is 1. The van der Waals surface area contributed by atoms with E-state index in [1.165, 1.54) is 41.7 Å². The number of rotatable bonds is 4. The summed E-state index contributed by atoms with van der Waals surface area (Å²) in [5, 5.41) is 24.3. The van der Waals surface area contributed by atoms with Crippen LogP contribution in [0.3, 0.4) is 0 Å². The number of benzene rings is 3. The topological polar surface area (TPSA) is 105 Å². The van der Waals surface area contributed by atoms with Gasteiger partial charge in [-0.2, -0.15) is 0 Å². The molecule has 4 aromatic rings. The van der Waals surface area contributed by atoms with Crippen molar-refractivity contribution in [1.29, 1.82) is 0 Å². The standard InChI is InChI=1S/C20H13N3O4S/c24-17-10-7-13(21-19(25)12-5-8-14(9-6-12)23(26)27)11-15(17)20-22-16-3-1-2-4-18(16)28-20/h1-11,24H,(H,21,25). The SMILES string of the molecule is O=C(Nc1ccc(O)c(-c2nc3ccccc3s2)c1)c1ccc([N+](=O)[O-])cc1. The molecular weight excluding hydrogens is 378 g/mol. The van der Waals surface area contributed by atoms with Gasteiger partial charge in [-0.25, -0.2) is 4.98 Å². The number of nitro groups is 1. The zero-order valence-corrected chi connectivity index (χ0v) is 15.1. The van der Waals surface area contributed by atoms with Crippen molar-refractivity contribution in [2.24, 2.45) is 0 Å². The molecule has 3 aromatic carbocycles. The van der Waals surface area contributed by atoms with Crippen molar-refractivity contribution in [2.45, 2.75) is 0 Å². The Morgan fingerprint density at radius 2 is 1.82 bits per heavy atom. The molecule has 0 atom stereocenters. The van der Waals surface area contributed by atoms with Crippen LogP contribution < -0.4 is 5.32 Å². The number of anilines is 1. The second-order valence-electron chi connectivity index (χ2n) is 5.98. The molecule has 1 amide bonds. The van der Waals surface area contributed by atoms with Crippen molar-refractivity contribution in [3.05, 3.63) is 82.4 Å². The van der Waals surface area contributed by atoms with Crippen molar-refractivity contribution in [3.63, 3.8) is 0 Å². The molecule has 7 nitrogen and oxygen atoms in total. The van der Waals surface area contributed by atoms with Gasteiger partial charge in [-0.05, 0) is 42.5 Å². The lowest BCUT2D eigenvalue weighted by Gasteiger charge is -2.08. The number of carbonyl (C=O) groups excluding carboxylic acids is 1. The number of non-ortho nitro benzene ring substituents is 1. The Labute approximate surface area is 163 Å². The molecule has 4 rings (SSSR count). The average molecular weight is 391 g/mol. The third-order valence-corrected chi connectivity index (χ3v) is 5.19. The van der Waals surface area contributed by atoms with Gasteiger partial charge in [-0.3, -0.25) is 14.9 Å². The van der Waals surface area contributed by atoms with Gasteiger partial charge < -0.3 is 10.4 Å². The molecule has 0 fully saturated rings.